The number of aliphatic hydroxyl groups is 2. The second-order valence-corrected chi connectivity index (χ2v) is 27.6. The molecule has 5 atom stereocenters. The van der Waals surface area contributed by atoms with E-state index in [4.69, 9.17) is 32.3 Å². The summed E-state index contributed by atoms with van der Waals surface area (Å²) >= 11 is 0. The smallest absolute Gasteiger partial charge is 0.463 e. The standard InChI is InChI=1S/C79H134O16P2/c1-4-7-10-13-16-19-22-25-28-30-32-34-35-36-37-39-41-42-45-47-50-53-56-59-62-65-77(82)89-68-74(80)69-91-96(85,86)92-70-75(81)71-93-97(87,88)94-73-76(95-79(84)67-64-61-58-55-52-49-44-27-24-21-18-15-12-9-6-3)72-90-78(83)66-63-60-57-54-51-48-46-43-40-38-33-31-29-26-23-20-17-14-11-8-5-2/h7,10,16-21,25-29,32-34,36-38,43-44,46,74-76,80-81H,4-6,8-9,11-15,22-24,30-31,35,39-42,45,47-73H2,1-3H3,(H,85,86)(H,87,88)/b10-7-,19-16-,20-17-,21-18-,28-25-,29-26-,34-32-,37-36-,38-33-,44-27-,46-43-. The number of phosphoric ester groups is 2. The van der Waals surface area contributed by atoms with Gasteiger partial charge in [-0.1, -0.05) is 264 Å². The Bertz CT molecular complexity index is 2300. The number of carbonyl (C=O) groups excluding carboxylic acids is 3. The molecule has 0 rings (SSSR count). The molecule has 0 spiro atoms. The molecule has 97 heavy (non-hydrogen) atoms. The number of hydrogen-bond acceptors (Lipinski definition) is 14. The van der Waals surface area contributed by atoms with Crippen LogP contribution in [0.25, 0.3) is 0 Å². The van der Waals surface area contributed by atoms with E-state index in [9.17, 15) is 43.5 Å². The van der Waals surface area contributed by atoms with Crippen molar-refractivity contribution in [1.29, 1.82) is 0 Å². The third kappa shape index (κ3) is 72.8. The van der Waals surface area contributed by atoms with E-state index in [1.165, 1.54) is 70.6 Å². The number of ether oxygens (including phenoxy) is 3. The van der Waals surface area contributed by atoms with Gasteiger partial charge in [0, 0.05) is 19.3 Å². The molecule has 0 heterocycles. The molecule has 0 amide bonds. The van der Waals surface area contributed by atoms with Gasteiger partial charge in [0.05, 0.1) is 26.4 Å². The van der Waals surface area contributed by atoms with E-state index >= 15 is 0 Å². The first-order valence-corrected chi connectivity index (χ1v) is 40.5. The second-order valence-electron chi connectivity index (χ2n) is 24.7. The predicted octanol–water partition coefficient (Wildman–Crippen LogP) is 21.5. The topological polar surface area (TPSA) is 231 Å². The van der Waals surface area contributed by atoms with Gasteiger partial charge in [0.1, 0.15) is 25.4 Å². The first kappa shape index (κ1) is 92.7. The Balaban J connectivity index is 4.64. The number of rotatable bonds is 70. The van der Waals surface area contributed by atoms with Crippen LogP contribution in [-0.2, 0) is 55.8 Å². The third-order valence-electron chi connectivity index (χ3n) is 15.3. The van der Waals surface area contributed by atoms with Gasteiger partial charge in [0.2, 0.25) is 0 Å². The minimum Gasteiger partial charge on any atom is -0.463 e. The Hall–Kier alpha value is -4.31. The third-order valence-corrected chi connectivity index (χ3v) is 17.2. The fraction of sp³-hybridized carbons (Fsp3) is 0.684. The van der Waals surface area contributed by atoms with Crippen molar-refractivity contribution < 1.29 is 75.8 Å². The first-order valence-electron chi connectivity index (χ1n) is 37.5. The number of carbonyl (C=O) groups is 3. The van der Waals surface area contributed by atoms with Crippen molar-refractivity contribution in [2.45, 2.75) is 309 Å². The zero-order valence-electron chi connectivity index (χ0n) is 60.5. The molecule has 0 aliphatic heterocycles. The summed E-state index contributed by atoms with van der Waals surface area (Å²) in [5.74, 6) is -1.62. The lowest BCUT2D eigenvalue weighted by molar-refractivity contribution is -0.161. The molecular weight excluding hydrogens is 1270 g/mol. The number of allylic oxidation sites excluding steroid dienone is 22. The van der Waals surface area contributed by atoms with Crippen LogP contribution in [-0.4, -0.2) is 95.9 Å². The lowest BCUT2D eigenvalue weighted by Gasteiger charge is -2.21. The van der Waals surface area contributed by atoms with Gasteiger partial charge in [-0.2, -0.15) is 0 Å². The van der Waals surface area contributed by atoms with Crippen molar-refractivity contribution in [2.75, 3.05) is 39.6 Å². The summed E-state index contributed by atoms with van der Waals surface area (Å²) in [4.78, 5) is 58.6. The summed E-state index contributed by atoms with van der Waals surface area (Å²) in [7, 11) is -9.80. The summed E-state index contributed by atoms with van der Waals surface area (Å²) in [5.41, 5.74) is 0. The van der Waals surface area contributed by atoms with Gasteiger partial charge in [-0.25, -0.2) is 9.13 Å². The van der Waals surface area contributed by atoms with E-state index < -0.39 is 91.5 Å². The highest BCUT2D eigenvalue weighted by Crippen LogP contribution is 2.45. The van der Waals surface area contributed by atoms with Crippen molar-refractivity contribution in [3.05, 3.63) is 134 Å². The first-order chi connectivity index (χ1) is 47.2. The van der Waals surface area contributed by atoms with Gasteiger partial charge in [-0.15, -0.1) is 0 Å². The lowest BCUT2D eigenvalue weighted by Crippen LogP contribution is -2.30. The molecule has 18 heteroatoms. The van der Waals surface area contributed by atoms with E-state index in [1.54, 1.807) is 0 Å². The Kier molecular flexibility index (Phi) is 68.3. The number of esters is 3. The van der Waals surface area contributed by atoms with Gasteiger partial charge >= 0.3 is 33.6 Å². The minimum absolute atomic E-state index is 0.0811. The Morgan fingerprint density at radius 1 is 0.299 bits per heavy atom. The minimum atomic E-state index is -4.94. The maximum atomic E-state index is 12.9. The molecule has 4 N–H and O–H groups in total. The SMILES string of the molecule is CC/C=C\C/C=C\C/C=C\C/C=C\C/C=C\CCCCCCCCCCCC(=O)OCC(O)COP(=O)(O)OCC(O)COP(=O)(O)OCC(COC(=O)CCCCCCC/C=C\C/C=C\C/C=C\C/C=C\CCCCC)OC(=O)CCCCCCC/C=C\C/C=C\CCCCC. The molecule has 0 aromatic heterocycles. The number of aliphatic hydroxyl groups excluding tert-OH is 2. The molecule has 0 aromatic rings. The summed E-state index contributed by atoms with van der Waals surface area (Å²) in [6, 6.07) is 0. The van der Waals surface area contributed by atoms with Gasteiger partial charge in [-0.3, -0.25) is 32.5 Å². The van der Waals surface area contributed by atoms with Crippen molar-refractivity contribution in [2.24, 2.45) is 0 Å². The quantitative estimate of drug-likeness (QED) is 0.0146. The molecule has 0 saturated heterocycles. The van der Waals surface area contributed by atoms with Crippen molar-refractivity contribution in [3.8, 4) is 0 Å². The van der Waals surface area contributed by atoms with E-state index in [0.717, 1.165) is 161 Å². The summed E-state index contributed by atoms with van der Waals surface area (Å²) in [6.45, 7) is 2.46. The predicted molar refractivity (Wildman–Crippen MR) is 399 cm³/mol. The van der Waals surface area contributed by atoms with Crippen LogP contribution in [0.15, 0.2) is 134 Å². The maximum absolute atomic E-state index is 12.9. The van der Waals surface area contributed by atoms with Crippen molar-refractivity contribution in [3.63, 3.8) is 0 Å². The highest BCUT2D eigenvalue weighted by atomic mass is 31.2. The highest BCUT2D eigenvalue weighted by Gasteiger charge is 2.29. The molecule has 5 unspecified atom stereocenters. The highest BCUT2D eigenvalue weighted by molar-refractivity contribution is 7.47. The van der Waals surface area contributed by atoms with Crippen LogP contribution in [0.4, 0.5) is 0 Å². The monoisotopic (exact) mass is 1400 g/mol. The Morgan fingerprint density at radius 3 is 0.866 bits per heavy atom. The zero-order valence-corrected chi connectivity index (χ0v) is 62.2. The lowest BCUT2D eigenvalue weighted by atomic mass is 10.1. The van der Waals surface area contributed by atoms with Gasteiger partial charge in [0.15, 0.2) is 6.10 Å². The normalized spacial score (nSPS) is 14.8. The summed E-state index contributed by atoms with van der Waals surface area (Å²) in [6.07, 6.45) is 84.9. The van der Waals surface area contributed by atoms with E-state index in [1.807, 2.05) is 0 Å². The molecular formula is C79H134O16P2. The molecule has 0 radical (unpaired) electrons. The number of unbranched alkanes of at least 4 members (excludes halogenated alkanes) is 25. The Morgan fingerprint density at radius 2 is 0.546 bits per heavy atom. The Labute approximate surface area is 588 Å². The average molecular weight is 1400 g/mol. The molecule has 16 nitrogen and oxygen atoms in total. The van der Waals surface area contributed by atoms with E-state index in [-0.39, 0.29) is 19.3 Å². The van der Waals surface area contributed by atoms with Crippen LogP contribution in [0, 0.1) is 0 Å². The van der Waals surface area contributed by atoms with Crippen molar-refractivity contribution >= 4 is 33.6 Å². The number of hydrogen-bond donors (Lipinski definition) is 4. The van der Waals surface area contributed by atoms with Gasteiger partial charge < -0.3 is 34.2 Å². The van der Waals surface area contributed by atoms with Gasteiger partial charge in [-0.05, 0) is 141 Å². The molecule has 0 aliphatic rings. The molecule has 0 fully saturated rings. The molecule has 0 saturated carbocycles. The summed E-state index contributed by atoms with van der Waals surface area (Å²) < 4.78 is 61.0. The van der Waals surface area contributed by atoms with Crippen LogP contribution >= 0.6 is 15.6 Å². The van der Waals surface area contributed by atoms with Crippen molar-refractivity contribution in [1.82, 2.24) is 0 Å². The van der Waals surface area contributed by atoms with E-state index in [2.05, 4.69) is 154 Å². The van der Waals surface area contributed by atoms with Crippen LogP contribution in [0.3, 0.4) is 0 Å². The number of phosphoric acid groups is 2. The second kappa shape index (κ2) is 71.5. The molecule has 0 aliphatic carbocycles. The van der Waals surface area contributed by atoms with Crippen LogP contribution < -0.4 is 0 Å². The molecule has 556 valence electrons. The average Bonchev–Trinajstić information content (AvgIpc) is 1.82. The van der Waals surface area contributed by atoms with Crippen LogP contribution in [0.1, 0.15) is 290 Å². The maximum Gasteiger partial charge on any atom is 0.472 e. The fourth-order valence-corrected chi connectivity index (χ4v) is 11.2. The largest absolute Gasteiger partial charge is 0.472 e. The molecule has 0 aromatic carbocycles. The van der Waals surface area contributed by atoms with Gasteiger partial charge in [0.25, 0.3) is 0 Å². The zero-order chi connectivity index (χ0) is 70.9. The van der Waals surface area contributed by atoms with Crippen LogP contribution in [0.2, 0.25) is 0 Å². The molecule has 0 bridgehead atoms. The van der Waals surface area contributed by atoms with Crippen LogP contribution in [0.5, 0.6) is 0 Å². The fourth-order valence-electron chi connectivity index (χ4n) is 9.61. The summed E-state index contributed by atoms with van der Waals surface area (Å²) in [5, 5.41) is 20.6. The van der Waals surface area contributed by atoms with E-state index in [0.29, 0.717) is 19.3 Å².